The lowest BCUT2D eigenvalue weighted by Gasteiger charge is -2.42. The molecular formula is C11H14N2O3. The lowest BCUT2D eigenvalue weighted by atomic mass is 9.76. The van der Waals surface area contributed by atoms with Gasteiger partial charge in [0, 0.05) is 11.0 Å². The van der Waals surface area contributed by atoms with Crippen molar-refractivity contribution >= 4 is 5.91 Å². The van der Waals surface area contributed by atoms with Crippen LogP contribution in [0, 0.1) is 0 Å². The molecule has 1 amide bonds. The van der Waals surface area contributed by atoms with Gasteiger partial charge in [0.05, 0.1) is 0 Å². The summed E-state index contributed by atoms with van der Waals surface area (Å²) in [5.74, 6) is -0.513. The Morgan fingerprint density at radius 2 is 2.00 bits per heavy atom. The van der Waals surface area contributed by atoms with E-state index in [2.05, 4.69) is 0 Å². The number of nitrogens with zero attached hydrogens (tertiary/aromatic N) is 1. The van der Waals surface area contributed by atoms with Gasteiger partial charge in [-0.2, -0.15) is 10.5 Å². The molecule has 0 spiro atoms. The van der Waals surface area contributed by atoms with Gasteiger partial charge in [-0.3, -0.25) is 10.0 Å². The van der Waals surface area contributed by atoms with Crippen LogP contribution in [0.15, 0.2) is 24.3 Å². The first-order valence-corrected chi connectivity index (χ1v) is 5.01. The molecular weight excluding hydrogens is 208 g/mol. The number of rotatable bonds is 1. The summed E-state index contributed by atoms with van der Waals surface area (Å²) >= 11 is 0. The molecule has 1 aromatic rings. The van der Waals surface area contributed by atoms with Crippen molar-refractivity contribution in [2.24, 2.45) is 0 Å². The smallest absolute Gasteiger partial charge is 0.279 e. The van der Waals surface area contributed by atoms with Crippen molar-refractivity contribution in [1.29, 1.82) is 0 Å². The zero-order valence-corrected chi connectivity index (χ0v) is 9.14. The fourth-order valence-electron chi connectivity index (χ4n) is 2.14. The van der Waals surface area contributed by atoms with Gasteiger partial charge in [-0.05, 0) is 11.6 Å². The lowest BCUT2D eigenvalue weighted by molar-refractivity contribution is -0.150. The summed E-state index contributed by atoms with van der Waals surface area (Å²) < 4.78 is 0. The van der Waals surface area contributed by atoms with Gasteiger partial charge in [0.25, 0.3) is 5.91 Å². The minimum atomic E-state index is -0.852. The predicted molar refractivity (Wildman–Crippen MR) is 56.1 cm³/mol. The zero-order chi connectivity index (χ0) is 11.9. The number of hydrogen-bond acceptors (Lipinski definition) is 4. The van der Waals surface area contributed by atoms with Crippen LogP contribution >= 0.6 is 0 Å². The highest BCUT2D eigenvalue weighted by Crippen LogP contribution is 2.35. The fraction of sp³-hybridized carbons (Fsp3) is 0.364. The highest BCUT2D eigenvalue weighted by Gasteiger charge is 2.44. The molecule has 3 N–H and O–H groups in total. The van der Waals surface area contributed by atoms with Crippen molar-refractivity contribution in [3.63, 3.8) is 0 Å². The Labute approximate surface area is 93.2 Å². The van der Waals surface area contributed by atoms with Crippen molar-refractivity contribution in [3.8, 4) is 0 Å². The zero-order valence-electron chi connectivity index (χ0n) is 9.14. The molecule has 86 valence electrons. The van der Waals surface area contributed by atoms with Crippen LogP contribution in [0.25, 0.3) is 0 Å². The SMILES string of the molecule is CC1(C)c2ccccc2C(=O)N(O)[C@H]1NO. The maximum atomic E-state index is 11.8. The Bertz CT molecular complexity index is 431. The third-order valence-electron chi connectivity index (χ3n) is 3.11. The van der Waals surface area contributed by atoms with Gasteiger partial charge in [0.2, 0.25) is 0 Å². The number of carbonyl (C=O) groups is 1. The molecule has 1 aliphatic rings. The summed E-state index contributed by atoms with van der Waals surface area (Å²) in [7, 11) is 0. The van der Waals surface area contributed by atoms with Crippen LogP contribution < -0.4 is 5.48 Å². The van der Waals surface area contributed by atoms with E-state index in [0.717, 1.165) is 5.56 Å². The van der Waals surface area contributed by atoms with Gasteiger partial charge in [-0.1, -0.05) is 32.0 Å². The Kier molecular flexibility index (Phi) is 2.46. The number of carbonyl (C=O) groups excluding carboxylic acids is 1. The normalized spacial score (nSPS) is 23.1. The quantitative estimate of drug-likeness (QED) is 0.491. The van der Waals surface area contributed by atoms with Gasteiger partial charge in [0.1, 0.15) is 6.17 Å². The van der Waals surface area contributed by atoms with Crippen LogP contribution in [0.3, 0.4) is 0 Å². The molecule has 0 bridgehead atoms. The third-order valence-corrected chi connectivity index (χ3v) is 3.11. The molecule has 1 atom stereocenters. The van der Waals surface area contributed by atoms with Crippen molar-refractivity contribution in [3.05, 3.63) is 35.4 Å². The highest BCUT2D eigenvalue weighted by molar-refractivity contribution is 5.96. The van der Waals surface area contributed by atoms with Crippen LogP contribution in [-0.4, -0.2) is 27.6 Å². The Hall–Kier alpha value is -1.43. The Morgan fingerprint density at radius 3 is 2.62 bits per heavy atom. The molecule has 0 unspecified atom stereocenters. The number of amides is 1. The van der Waals surface area contributed by atoms with Crippen molar-refractivity contribution < 1.29 is 15.2 Å². The second-order valence-electron chi connectivity index (χ2n) is 4.45. The summed E-state index contributed by atoms with van der Waals surface area (Å²) in [6, 6.07) is 7.06. The molecule has 0 fully saturated rings. The van der Waals surface area contributed by atoms with E-state index in [-0.39, 0.29) is 0 Å². The molecule has 0 radical (unpaired) electrons. The number of fused-ring (bicyclic) bond motifs is 1. The van der Waals surface area contributed by atoms with Gasteiger partial charge >= 0.3 is 0 Å². The van der Waals surface area contributed by atoms with E-state index in [1.165, 1.54) is 0 Å². The molecule has 1 aromatic carbocycles. The van der Waals surface area contributed by atoms with E-state index in [1.54, 1.807) is 12.1 Å². The summed E-state index contributed by atoms with van der Waals surface area (Å²) in [5.41, 5.74) is 2.66. The molecule has 1 heterocycles. The van der Waals surface area contributed by atoms with Crippen molar-refractivity contribution in [2.75, 3.05) is 0 Å². The monoisotopic (exact) mass is 222 g/mol. The molecule has 0 aromatic heterocycles. The van der Waals surface area contributed by atoms with Gasteiger partial charge < -0.3 is 5.21 Å². The number of hydroxylamine groups is 3. The van der Waals surface area contributed by atoms with Crippen LogP contribution in [0.4, 0.5) is 0 Å². The molecule has 0 aliphatic carbocycles. The summed E-state index contributed by atoms with van der Waals surface area (Å²) in [6.07, 6.45) is -0.852. The minimum absolute atomic E-state index is 0.460. The third kappa shape index (κ3) is 1.33. The number of nitrogens with one attached hydrogen (secondary N) is 1. The largest absolute Gasteiger partial charge is 0.315 e. The second-order valence-corrected chi connectivity index (χ2v) is 4.45. The van der Waals surface area contributed by atoms with E-state index >= 15 is 0 Å². The molecule has 2 rings (SSSR count). The highest BCUT2D eigenvalue weighted by atomic mass is 16.5. The maximum absolute atomic E-state index is 11.8. The average Bonchev–Trinajstić information content (AvgIpc) is 2.27. The van der Waals surface area contributed by atoms with E-state index in [1.807, 2.05) is 31.5 Å². The standard InChI is InChI=1S/C11H14N2O3/c1-11(2)8-6-4-3-5-7(8)9(14)13(16)10(11)12-15/h3-6,10,12,15-16H,1-2H3/t10-/m1/s1. The molecule has 0 saturated carbocycles. The summed E-state index contributed by atoms with van der Waals surface area (Å²) in [5, 5.41) is 19.2. The second kappa shape index (κ2) is 3.55. The molecule has 16 heavy (non-hydrogen) atoms. The van der Waals surface area contributed by atoms with Gasteiger partial charge in [0.15, 0.2) is 0 Å². The maximum Gasteiger partial charge on any atom is 0.279 e. The predicted octanol–water partition coefficient (Wildman–Crippen LogP) is 1.11. The first-order valence-electron chi connectivity index (χ1n) is 5.01. The minimum Gasteiger partial charge on any atom is -0.315 e. The molecule has 1 aliphatic heterocycles. The Morgan fingerprint density at radius 1 is 1.38 bits per heavy atom. The molecule has 5 heteroatoms. The summed E-state index contributed by atoms with van der Waals surface area (Å²) in [6.45, 7) is 3.69. The lowest BCUT2D eigenvalue weighted by Crippen LogP contribution is -2.59. The van der Waals surface area contributed by atoms with E-state index in [4.69, 9.17) is 5.21 Å². The van der Waals surface area contributed by atoms with E-state index in [9.17, 15) is 10.0 Å². The first-order chi connectivity index (χ1) is 7.50. The number of benzene rings is 1. The summed E-state index contributed by atoms with van der Waals surface area (Å²) in [4.78, 5) is 11.8. The van der Waals surface area contributed by atoms with Crippen LogP contribution in [0.1, 0.15) is 29.8 Å². The van der Waals surface area contributed by atoms with E-state index < -0.39 is 17.5 Å². The van der Waals surface area contributed by atoms with Crippen LogP contribution in [0.5, 0.6) is 0 Å². The van der Waals surface area contributed by atoms with E-state index in [0.29, 0.717) is 10.6 Å². The first kappa shape index (κ1) is 11.1. The molecule has 5 nitrogen and oxygen atoms in total. The van der Waals surface area contributed by atoms with Crippen molar-refractivity contribution in [1.82, 2.24) is 10.5 Å². The van der Waals surface area contributed by atoms with Crippen LogP contribution in [-0.2, 0) is 5.41 Å². The number of hydrogen-bond donors (Lipinski definition) is 3. The van der Waals surface area contributed by atoms with Crippen LogP contribution in [0.2, 0.25) is 0 Å². The topological polar surface area (TPSA) is 72.8 Å². The van der Waals surface area contributed by atoms with Gasteiger partial charge in [-0.15, -0.1) is 0 Å². The fourth-order valence-corrected chi connectivity index (χ4v) is 2.14. The van der Waals surface area contributed by atoms with Crippen molar-refractivity contribution in [2.45, 2.75) is 25.4 Å². The molecule has 0 saturated heterocycles. The Balaban J connectivity index is 2.63. The van der Waals surface area contributed by atoms with Gasteiger partial charge in [-0.25, -0.2) is 0 Å². The average molecular weight is 222 g/mol.